The van der Waals surface area contributed by atoms with Gasteiger partial charge < -0.3 is 19.7 Å². The van der Waals surface area contributed by atoms with E-state index in [4.69, 9.17) is 4.74 Å². The molecule has 0 fully saturated rings. The van der Waals surface area contributed by atoms with E-state index < -0.39 is 11.3 Å². The molecule has 0 atom stereocenters. The van der Waals surface area contributed by atoms with Crippen LogP contribution in [0.2, 0.25) is 0 Å². The molecule has 0 unspecified atom stereocenters. The minimum atomic E-state index is -0.595. The second kappa shape index (κ2) is 8.59. The molecule has 8 heteroatoms. The Hall–Kier alpha value is -2.71. The Labute approximate surface area is 154 Å². The van der Waals surface area contributed by atoms with Gasteiger partial charge in [0, 0.05) is 37.3 Å². The van der Waals surface area contributed by atoms with Crippen molar-refractivity contribution in [3.05, 3.63) is 55.6 Å². The van der Waals surface area contributed by atoms with Gasteiger partial charge in [-0.1, -0.05) is 0 Å². The number of hydrogen-bond donors (Lipinski definition) is 2. The van der Waals surface area contributed by atoms with Crippen LogP contribution >= 0.6 is 11.3 Å². The van der Waals surface area contributed by atoms with Crippen LogP contribution < -0.4 is 10.9 Å². The molecule has 2 heterocycles. The summed E-state index contributed by atoms with van der Waals surface area (Å²) >= 11 is 1.21. The molecule has 2 N–H and O–H groups in total. The van der Waals surface area contributed by atoms with Crippen LogP contribution in [0.4, 0.5) is 0 Å². The summed E-state index contributed by atoms with van der Waals surface area (Å²) in [6.45, 7) is 2.50. The highest BCUT2D eigenvalue weighted by Gasteiger charge is 2.16. The van der Waals surface area contributed by atoms with Gasteiger partial charge in [-0.15, -0.1) is 11.3 Å². The van der Waals surface area contributed by atoms with E-state index >= 15 is 0 Å². The summed E-state index contributed by atoms with van der Waals surface area (Å²) in [6.07, 6.45) is 2.72. The number of hydrogen-bond acceptors (Lipinski definition) is 6. The van der Waals surface area contributed by atoms with Gasteiger partial charge in [0.05, 0.1) is 11.5 Å². The van der Waals surface area contributed by atoms with E-state index in [0.717, 1.165) is 0 Å². The molecule has 2 aromatic rings. The Morgan fingerprint density at radius 3 is 2.81 bits per heavy atom. The molecule has 26 heavy (non-hydrogen) atoms. The number of nitrogens with one attached hydrogen (secondary N) is 1. The average molecular weight is 376 g/mol. The summed E-state index contributed by atoms with van der Waals surface area (Å²) in [4.78, 5) is 37.6. The van der Waals surface area contributed by atoms with Crippen molar-refractivity contribution in [2.24, 2.45) is 7.05 Å². The molecule has 1 amide bonds. The highest BCUT2D eigenvalue weighted by atomic mass is 32.1. The summed E-state index contributed by atoms with van der Waals surface area (Å²) < 4.78 is 6.17. The second-order valence-corrected chi connectivity index (χ2v) is 6.67. The number of ether oxygens (including phenoxy) is 1. The first-order chi connectivity index (χ1) is 12.3. The van der Waals surface area contributed by atoms with Crippen molar-refractivity contribution in [3.8, 4) is 5.75 Å². The number of aromatic nitrogens is 1. The number of ketones is 1. The lowest BCUT2D eigenvalue weighted by atomic mass is 10.1. The molecule has 0 aliphatic rings. The molecular formula is C18H20N2O5S. The molecule has 7 nitrogen and oxygen atoms in total. The molecule has 0 saturated heterocycles. The first-order valence-electron chi connectivity index (χ1n) is 7.84. The minimum Gasteiger partial charge on any atom is -0.507 e. The SMILES string of the molecule is COCCNC(=O)c1ccc(C=CC(=O)c2c(O)cc(C)n(C)c2=O)s1. The number of carbonyl (C=O) groups excluding carboxylic acids is 2. The van der Waals surface area contributed by atoms with Gasteiger partial charge in [-0.25, -0.2) is 0 Å². The maximum atomic E-state index is 12.3. The minimum absolute atomic E-state index is 0.219. The van der Waals surface area contributed by atoms with Crippen molar-refractivity contribution in [2.75, 3.05) is 20.3 Å². The van der Waals surface area contributed by atoms with Gasteiger partial charge in [0.2, 0.25) is 0 Å². The quantitative estimate of drug-likeness (QED) is 0.436. The number of allylic oxidation sites excluding steroid dienone is 1. The number of nitrogens with zero attached hydrogens (tertiary/aromatic N) is 1. The van der Waals surface area contributed by atoms with Gasteiger partial charge in [-0.05, 0) is 31.2 Å². The lowest BCUT2D eigenvalue weighted by molar-refractivity contribution is 0.0940. The Balaban J connectivity index is 2.14. The van der Waals surface area contributed by atoms with Crippen LogP contribution in [0.1, 0.15) is 30.6 Å². The zero-order valence-electron chi connectivity index (χ0n) is 14.7. The van der Waals surface area contributed by atoms with Crippen molar-refractivity contribution < 1.29 is 19.4 Å². The van der Waals surface area contributed by atoms with E-state index in [0.29, 0.717) is 28.6 Å². The lowest BCUT2D eigenvalue weighted by Gasteiger charge is -2.07. The van der Waals surface area contributed by atoms with Crippen LogP contribution in [-0.2, 0) is 11.8 Å². The van der Waals surface area contributed by atoms with E-state index in [1.165, 1.54) is 41.2 Å². The molecular weight excluding hydrogens is 356 g/mol. The number of methoxy groups -OCH3 is 1. The van der Waals surface area contributed by atoms with Gasteiger partial charge in [0.15, 0.2) is 5.78 Å². The highest BCUT2D eigenvalue weighted by molar-refractivity contribution is 7.14. The van der Waals surface area contributed by atoms with Crippen molar-refractivity contribution in [1.82, 2.24) is 9.88 Å². The molecule has 138 valence electrons. The molecule has 0 radical (unpaired) electrons. The van der Waals surface area contributed by atoms with Crippen molar-refractivity contribution in [1.29, 1.82) is 0 Å². The van der Waals surface area contributed by atoms with Gasteiger partial charge in [-0.3, -0.25) is 14.4 Å². The summed E-state index contributed by atoms with van der Waals surface area (Å²) in [5.74, 6) is -1.16. The monoisotopic (exact) mass is 376 g/mol. The number of pyridine rings is 1. The molecule has 2 aromatic heterocycles. The van der Waals surface area contributed by atoms with Crippen LogP contribution in [0.3, 0.4) is 0 Å². The summed E-state index contributed by atoms with van der Waals surface area (Å²) in [6, 6.07) is 4.72. The number of rotatable bonds is 7. The number of aryl methyl sites for hydroxylation is 1. The molecule has 0 saturated carbocycles. The van der Waals surface area contributed by atoms with Crippen LogP contribution in [0.5, 0.6) is 5.75 Å². The Kier molecular flexibility index (Phi) is 6.48. The number of thiophene rings is 1. The summed E-state index contributed by atoms with van der Waals surface area (Å²) in [5.41, 5.74) is -0.277. The van der Waals surface area contributed by atoms with Gasteiger partial charge in [0.25, 0.3) is 11.5 Å². The van der Waals surface area contributed by atoms with E-state index in [-0.39, 0.29) is 17.2 Å². The van der Waals surface area contributed by atoms with Crippen molar-refractivity contribution in [2.45, 2.75) is 6.92 Å². The zero-order valence-corrected chi connectivity index (χ0v) is 15.6. The highest BCUT2D eigenvalue weighted by Crippen LogP contribution is 2.19. The predicted molar refractivity (Wildman–Crippen MR) is 100.0 cm³/mol. The fourth-order valence-electron chi connectivity index (χ4n) is 2.20. The maximum Gasteiger partial charge on any atom is 0.265 e. The Morgan fingerprint density at radius 2 is 2.12 bits per heavy atom. The zero-order chi connectivity index (χ0) is 19.3. The van der Waals surface area contributed by atoms with E-state index in [1.54, 1.807) is 26.2 Å². The summed E-state index contributed by atoms with van der Waals surface area (Å²) in [5, 5.41) is 12.6. The molecule has 0 aliphatic heterocycles. The number of aromatic hydroxyl groups is 1. The fraction of sp³-hybridized carbons (Fsp3) is 0.278. The van der Waals surface area contributed by atoms with Crippen molar-refractivity contribution >= 4 is 29.1 Å². The average Bonchev–Trinajstić information content (AvgIpc) is 3.07. The number of carbonyl (C=O) groups is 2. The van der Waals surface area contributed by atoms with Crippen molar-refractivity contribution in [3.63, 3.8) is 0 Å². The maximum absolute atomic E-state index is 12.3. The summed E-state index contributed by atoms with van der Waals surface area (Å²) in [7, 11) is 3.09. The molecule has 0 spiro atoms. The molecule has 0 aliphatic carbocycles. The van der Waals surface area contributed by atoms with Gasteiger partial charge in [0.1, 0.15) is 11.3 Å². The number of amides is 1. The van der Waals surface area contributed by atoms with Crippen LogP contribution in [0.25, 0.3) is 6.08 Å². The topological polar surface area (TPSA) is 97.6 Å². The second-order valence-electron chi connectivity index (χ2n) is 5.56. The van der Waals surface area contributed by atoms with Crippen LogP contribution in [-0.4, -0.2) is 41.6 Å². The van der Waals surface area contributed by atoms with E-state index in [1.807, 2.05) is 0 Å². The third-order valence-corrected chi connectivity index (χ3v) is 4.79. The van der Waals surface area contributed by atoms with Crippen LogP contribution in [0.15, 0.2) is 29.1 Å². The first-order valence-corrected chi connectivity index (χ1v) is 8.65. The standard InChI is InChI=1S/C18H20N2O5S/c1-11-10-14(22)16(18(24)20(11)2)13(21)6-4-12-5-7-15(26-12)17(23)19-8-9-25-3/h4-7,10,22H,8-9H2,1-3H3,(H,19,23). The third kappa shape index (κ3) is 4.47. The smallest absolute Gasteiger partial charge is 0.265 e. The third-order valence-electron chi connectivity index (χ3n) is 3.74. The normalized spacial score (nSPS) is 11.0. The first kappa shape index (κ1) is 19.6. The Bertz CT molecular complexity index is 911. The lowest BCUT2D eigenvalue weighted by Crippen LogP contribution is -2.26. The fourth-order valence-corrected chi connectivity index (χ4v) is 3.02. The largest absolute Gasteiger partial charge is 0.507 e. The molecule has 0 bridgehead atoms. The van der Waals surface area contributed by atoms with E-state index in [2.05, 4.69) is 5.32 Å². The van der Waals surface area contributed by atoms with Gasteiger partial charge in [-0.2, -0.15) is 0 Å². The van der Waals surface area contributed by atoms with Crippen LogP contribution in [0, 0.1) is 6.92 Å². The predicted octanol–water partition coefficient (Wildman–Crippen LogP) is 1.73. The molecule has 2 rings (SSSR count). The van der Waals surface area contributed by atoms with Gasteiger partial charge >= 0.3 is 0 Å². The molecule has 0 aromatic carbocycles. The van der Waals surface area contributed by atoms with E-state index in [9.17, 15) is 19.5 Å². The Morgan fingerprint density at radius 1 is 1.38 bits per heavy atom.